The third kappa shape index (κ3) is 5.46. The lowest BCUT2D eigenvalue weighted by atomic mass is 9.97. The topological polar surface area (TPSA) is 98.3 Å². The molecule has 1 heterocycles. The van der Waals surface area contributed by atoms with Crippen LogP contribution in [0.15, 0.2) is 61.1 Å². The Morgan fingerprint density at radius 2 is 2.00 bits per heavy atom. The van der Waals surface area contributed by atoms with Gasteiger partial charge in [0.05, 0.1) is 12.5 Å². The second kappa shape index (κ2) is 10.7. The van der Waals surface area contributed by atoms with Crippen LogP contribution in [-0.2, 0) is 4.79 Å². The molecule has 0 bridgehead atoms. The van der Waals surface area contributed by atoms with E-state index in [1.165, 1.54) is 0 Å². The number of nitrogens with one attached hydrogen (secondary N) is 2. The predicted molar refractivity (Wildman–Crippen MR) is 125 cm³/mol. The summed E-state index contributed by atoms with van der Waals surface area (Å²) in [6.07, 6.45) is 5.64. The van der Waals surface area contributed by atoms with Gasteiger partial charge < -0.3 is 20.3 Å². The number of anilines is 2. The van der Waals surface area contributed by atoms with Crippen LogP contribution in [0.2, 0.25) is 0 Å². The second-order valence-corrected chi connectivity index (χ2v) is 7.91. The molecule has 3 aromatic rings. The number of carbonyl (C=O) groups excluding carboxylic acids is 1. The number of aromatic amines is 1. The zero-order chi connectivity index (χ0) is 22.2. The van der Waals surface area contributed by atoms with Crippen molar-refractivity contribution in [3.8, 4) is 11.1 Å². The summed E-state index contributed by atoms with van der Waals surface area (Å²) in [5.41, 5.74) is 2.96. The minimum absolute atomic E-state index is 0.366. The van der Waals surface area contributed by atoms with Gasteiger partial charge in [0.15, 0.2) is 0 Å². The molecule has 0 fully saturated rings. The fraction of sp³-hybridized carbons (Fsp3) is 0.261. The molecule has 1 aromatic heterocycles. The van der Waals surface area contributed by atoms with Crippen LogP contribution in [0.5, 0.6) is 0 Å². The number of carboxylic acid groups (broad SMARTS) is 1. The van der Waals surface area contributed by atoms with Gasteiger partial charge in [0.2, 0.25) is 0 Å². The molecule has 3 N–H and O–H groups in total. The summed E-state index contributed by atoms with van der Waals surface area (Å²) in [6.45, 7) is 2.74. The number of thioether (sulfide) groups is 1. The molecule has 0 radical (unpaired) electrons. The van der Waals surface area contributed by atoms with E-state index in [1.807, 2.05) is 55.6 Å². The van der Waals surface area contributed by atoms with E-state index in [4.69, 9.17) is 0 Å². The number of hydrogen-bond donors (Lipinski definition) is 3. The van der Waals surface area contributed by atoms with E-state index in [0.29, 0.717) is 24.3 Å². The number of rotatable bonds is 10. The lowest BCUT2D eigenvalue weighted by molar-refractivity contribution is -0.139. The molecule has 0 aliphatic rings. The van der Waals surface area contributed by atoms with Crippen LogP contribution in [0, 0.1) is 0 Å². The fourth-order valence-corrected chi connectivity index (χ4v) is 3.84. The first-order valence-corrected chi connectivity index (χ1v) is 11.4. The van der Waals surface area contributed by atoms with Crippen molar-refractivity contribution >= 4 is 35.1 Å². The lowest BCUT2D eigenvalue weighted by Crippen LogP contribution is -2.41. The first kappa shape index (κ1) is 22.4. The fourth-order valence-electron chi connectivity index (χ4n) is 3.37. The van der Waals surface area contributed by atoms with Crippen molar-refractivity contribution in [3.63, 3.8) is 0 Å². The zero-order valence-corrected chi connectivity index (χ0v) is 18.4. The number of amides is 1. The summed E-state index contributed by atoms with van der Waals surface area (Å²) in [7, 11) is 0. The van der Waals surface area contributed by atoms with Crippen LogP contribution < -0.4 is 10.2 Å². The molecule has 31 heavy (non-hydrogen) atoms. The average Bonchev–Trinajstić information content (AvgIpc) is 3.32. The minimum Gasteiger partial charge on any atom is -0.480 e. The maximum absolute atomic E-state index is 13.1. The highest BCUT2D eigenvalue weighted by Gasteiger charge is 2.23. The number of imidazole rings is 1. The number of hydrogen-bond acceptors (Lipinski definition) is 5. The summed E-state index contributed by atoms with van der Waals surface area (Å²) in [6, 6.07) is 14.2. The molecule has 7 nitrogen and oxygen atoms in total. The van der Waals surface area contributed by atoms with E-state index >= 15 is 0 Å². The zero-order valence-electron chi connectivity index (χ0n) is 17.5. The van der Waals surface area contributed by atoms with Crippen LogP contribution >= 0.6 is 11.8 Å². The highest BCUT2D eigenvalue weighted by atomic mass is 32.2. The summed E-state index contributed by atoms with van der Waals surface area (Å²) in [5, 5.41) is 12.2. The molecule has 0 aliphatic carbocycles. The Kier molecular flexibility index (Phi) is 7.72. The molecular weight excluding hydrogens is 412 g/mol. The van der Waals surface area contributed by atoms with Crippen molar-refractivity contribution < 1.29 is 14.7 Å². The van der Waals surface area contributed by atoms with Gasteiger partial charge >= 0.3 is 5.97 Å². The smallest absolute Gasteiger partial charge is 0.326 e. The number of carbonyl (C=O) groups is 2. The normalized spacial score (nSPS) is 11.7. The van der Waals surface area contributed by atoms with Crippen LogP contribution in [0.25, 0.3) is 11.1 Å². The Balaban J connectivity index is 1.99. The Morgan fingerprint density at radius 1 is 1.23 bits per heavy atom. The second-order valence-electron chi connectivity index (χ2n) is 6.92. The van der Waals surface area contributed by atoms with Gasteiger partial charge in [-0.15, -0.1) is 0 Å². The number of benzene rings is 2. The number of aromatic nitrogens is 2. The predicted octanol–water partition coefficient (Wildman–Crippen LogP) is 4.17. The molecule has 3 rings (SSSR count). The molecule has 0 saturated carbocycles. The lowest BCUT2D eigenvalue weighted by Gasteiger charge is -2.23. The van der Waals surface area contributed by atoms with Crippen LogP contribution in [0.4, 0.5) is 11.5 Å². The van der Waals surface area contributed by atoms with Gasteiger partial charge in [0, 0.05) is 17.8 Å². The molecule has 0 saturated heterocycles. The first-order valence-electron chi connectivity index (χ1n) is 10.0. The Hall–Kier alpha value is -3.26. The molecule has 8 heteroatoms. The average molecular weight is 439 g/mol. The number of nitrogens with zero attached hydrogens (tertiary/aromatic N) is 2. The standard InChI is InChI=1S/C23H26N4O3S/c1-3-27(21-14-24-15-25-21)17-9-10-18(19(13-17)16-7-5-4-6-8-16)22(28)26-20(23(29)30)11-12-31-2/h4-10,13-15,20H,3,11-12H2,1-2H3,(H,24,25)(H,26,28)(H,29,30)/t20-/m0/s1. The third-order valence-corrected chi connectivity index (χ3v) is 5.59. The summed E-state index contributed by atoms with van der Waals surface area (Å²) >= 11 is 1.55. The van der Waals surface area contributed by atoms with Crippen molar-refractivity contribution in [2.45, 2.75) is 19.4 Å². The maximum Gasteiger partial charge on any atom is 0.326 e. The van der Waals surface area contributed by atoms with Crippen LogP contribution in [0.1, 0.15) is 23.7 Å². The van der Waals surface area contributed by atoms with Crippen molar-refractivity contribution in [2.24, 2.45) is 0 Å². The van der Waals surface area contributed by atoms with Crippen LogP contribution in [0.3, 0.4) is 0 Å². The van der Waals surface area contributed by atoms with Gasteiger partial charge in [0.25, 0.3) is 5.91 Å². The summed E-state index contributed by atoms with van der Waals surface area (Å²) in [5.74, 6) is 0.0686. The van der Waals surface area contributed by atoms with Crippen molar-refractivity contribution in [2.75, 3.05) is 23.5 Å². The minimum atomic E-state index is -1.03. The number of aliphatic carboxylic acids is 1. The monoisotopic (exact) mass is 438 g/mol. The first-order chi connectivity index (χ1) is 15.0. The molecule has 2 aromatic carbocycles. The molecule has 162 valence electrons. The van der Waals surface area contributed by atoms with E-state index in [9.17, 15) is 14.7 Å². The van der Waals surface area contributed by atoms with Crippen molar-refractivity contribution in [1.82, 2.24) is 15.3 Å². The number of H-pyrrole nitrogens is 1. The molecule has 1 amide bonds. The SMILES string of the molecule is CCN(c1ccc(C(=O)N[C@@H](CCSC)C(=O)O)c(-c2ccccc2)c1)c1cnc[nH]1. The van der Waals surface area contributed by atoms with Gasteiger partial charge in [-0.3, -0.25) is 4.79 Å². The molecule has 0 aliphatic heterocycles. The molecular formula is C23H26N4O3S. The molecule has 0 unspecified atom stereocenters. The third-order valence-electron chi connectivity index (χ3n) is 4.95. The largest absolute Gasteiger partial charge is 0.480 e. The van der Waals surface area contributed by atoms with Gasteiger partial charge in [-0.05, 0) is 54.7 Å². The van der Waals surface area contributed by atoms with E-state index in [2.05, 4.69) is 20.2 Å². The van der Waals surface area contributed by atoms with E-state index in [-0.39, 0.29) is 0 Å². The van der Waals surface area contributed by atoms with Crippen molar-refractivity contribution in [3.05, 3.63) is 66.6 Å². The number of carboxylic acids is 1. The quantitative estimate of drug-likeness (QED) is 0.439. The van der Waals surface area contributed by atoms with Crippen molar-refractivity contribution in [1.29, 1.82) is 0 Å². The van der Waals surface area contributed by atoms with Gasteiger partial charge in [0.1, 0.15) is 11.9 Å². The van der Waals surface area contributed by atoms with E-state index < -0.39 is 17.9 Å². The Labute approximate surface area is 185 Å². The van der Waals surface area contributed by atoms with Gasteiger partial charge in [-0.2, -0.15) is 11.8 Å². The van der Waals surface area contributed by atoms with E-state index in [1.54, 1.807) is 30.4 Å². The Morgan fingerprint density at radius 3 is 2.61 bits per heavy atom. The van der Waals surface area contributed by atoms with Gasteiger partial charge in [-0.1, -0.05) is 30.3 Å². The van der Waals surface area contributed by atoms with E-state index in [0.717, 1.165) is 22.6 Å². The highest BCUT2D eigenvalue weighted by Crippen LogP contribution is 2.31. The summed E-state index contributed by atoms with van der Waals surface area (Å²) < 4.78 is 0. The van der Waals surface area contributed by atoms with Gasteiger partial charge in [-0.25, -0.2) is 9.78 Å². The molecule has 0 spiro atoms. The molecule has 1 atom stereocenters. The highest BCUT2D eigenvalue weighted by molar-refractivity contribution is 7.98. The summed E-state index contributed by atoms with van der Waals surface area (Å²) in [4.78, 5) is 33.9. The van der Waals surface area contributed by atoms with Crippen LogP contribution in [-0.4, -0.2) is 51.5 Å². The maximum atomic E-state index is 13.1. The Bertz CT molecular complexity index is 1010.